The molecule has 17 heavy (non-hydrogen) atoms. The van der Waals surface area contributed by atoms with Crippen molar-refractivity contribution in [1.29, 1.82) is 0 Å². The molecule has 3 heteroatoms. The molecule has 1 N–H and O–H groups in total. The van der Waals surface area contributed by atoms with E-state index in [2.05, 4.69) is 12.2 Å². The van der Waals surface area contributed by atoms with Crippen LogP contribution in [0, 0.1) is 11.7 Å². The van der Waals surface area contributed by atoms with E-state index < -0.39 is 0 Å². The predicted octanol–water partition coefficient (Wildman–Crippen LogP) is 3.10. The summed E-state index contributed by atoms with van der Waals surface area (Å²) in [6.07, 6.45) is 2.23. The van der Waals surface area contributed by atoms with Crippen LogP contribution < -0.4 is 5.32 Å². The van der Waals surface area contributed by atoms with Crippen molar-refractivity contribution < 1.29 is 4.39 Å². The van der Waals surface area contributed by atoms with E-state index in [1.165, 1.54) is 24.0 Å². The first-order valence-corrected chi connectivity index (χ1v) is 7.50. The fourth-order valence-corrected chi connectivity index (χ4v) is 3.79. The number of hydrogen-bond acceptors (Lipinski definition) is 2. The molecule has 0 radical (unpaired) electrons. The molecule has 2 unspecified atom stereocenters. The Kier molecular flexibility index (Phi) is 4.86. The highest BCUT2D eigenvalue weighted by Gasteiger charge is 2.24. The summed E-state index contributed by atoms with van der Waals surface area (Å²) < 4.78 is 13.2. The van der Waals surface area contributed by atoms with E-state index >= 15 is 0 Å². The van der Waals surface area contributed by atoms with Crippen LogP contribution >= 0.6 is 11.8 Å². The summed E-state index contributed by atoms with van der Waals surface area (Å²) in [6, 6.07) is 7.49. The molecule has 1 aromatic rings. The molecule has 0 aromatic heterocycles. The summed E-state index contributed by atoms with van der Waals surface area (Å²) in [5.41, 5.74) is 1.10. The molecular weight excluding hydrogens is 233 g/mol. The zero-order chi connectivity index (χ0) is 12.1. The summed E-state index contributed by atoms with van der Waals surface area (Å²) in [5.74, 6) is 3.13. The normalized spacial score (nSPS) is 21.6. The summed E-state index contributed by atoms with van der Waals surface area (Å²) in [6.45, 7) is 3.13. The van der Waals surface area contributed by atoms with Gasteiger partial charge in [-0.1, -0.05) is 19.1 Å². The Balaban J connectivity index is 2.01. The van der Waals surface area contributed by atoms with Crippen LogP contribution in [-0.2, 0) is 6.42 Å². The third-order valence-corrected chi connectivity index (χ3v) is 4.53. The summed E-state index contributed by atoms with van der Waals surface area (Å²) in [7, 11) is 0. The maximum Gasteiger partial charge on any atom is 0.123 e. The Labute approximate surface area is 107 Å². The quantitative estimate of drug-likeness (QED) is 0.865. The first-order valence-electron chi connectivity index (χ1n) is 6.35. The molecule has 0 aliphatic carbocycles. The maximum absolute atomic E-state index is 13.2. The fourth-order valence-electron chi connectivity index (χ4n) is 2.46. The Morgan fingerprint density at radius 2 is 2.41 bits per heavy atom. The molecule has 1 aromatic carbocycles. The fraction of sp³-hybridized carbons (Fsp3) is 0.571. The van der Waals surface area contributed by atoms with Crippen LogP contribution in [-0.4, -0.2) is 24.1 Å². The van der Waals surface area contributed by atoms with Gasteiger partial charge in [0.25, 0.3) is 0 Å². The molecular formula is C14H20FNS. The van der Waals surface area contributed by atoms with E-state index in [0.717, 1.165) is 24.4 Å². The van der Waals surface area contributed by atoms with Crippen molar-refractivity contribution in [3.8, 4) is 0 Å². The van der Waals surface area contributed by atoms with Crippen molar-refractivity contribution in [2.75, 3.05) is 18.1 Å². The van der Waals surface area contributed by atoms with Gasteiger partial charge in [0.2, 0.25) is 0 Å². The van der Waals surface area contributed by atoms with Gasteiger partial charge < -0.3 is 5.32 Å². The van der Waals surface area contributed by atoms with Crippen molar-refractivity contribution in [3.05, 3.63) is 35.6 Å². The molecule has 0 amide bonds. The molecule has 1 nitrogen and oxygen atoms in total. The van der Waals surface area contributed by atoms with Crippen molar-refractivity contribution in [3.63, 3.8) is 0 Å². The van der Waals surface area contributed by atoms with Gasteiger partial charge in [-0.05, 0) is 54.5 Å². The van der Waals surface area contributed by atoms with Crippen LogP contribution in [0.2, 0.25) is 0 Å². The average molecular weight is 253 g/mol. The lowest BCUT2D eigenvalue weighted by molar-refractivity contribution is 0.386. The van der Waals surface area contributed by atoms with E-state index in [-0.39, 0.29) is 5.82 Å². The molecule has 0 spiro atoms. The summed E-state index contributed by atoms with van der Waals surface area (Å²) in [5, 5.41) is 3.56. The number of benzene rings is 1. The highest BCUT2D eigenvalue weighted by atomic mass is 32.2. The minimum Gasteiger partial charge on any atom is -0.314 e. The number of likely N-dealkylation sites (N-methyl/N-ethyl adjacent to an activating group) is 1. The SMILES string of the molecule is CCNC(Cc1cccc(F)c1)C1CCSC1. The van der Waals surface area contributed by atoms with Crippen molar-refractivity contribution >= 4 is 11.8 Å². The van der Waals surface area contributed by atoms with Gasteiger partial charge in [-0.2, -0.15) is 11.8 Å². The number of thioether (sulfide) groups is 1. The average Bonchev–Trinajstić information content (AvgIpc) is 2.82. The third kappa shape index (κ3) is 3.71. The van der Waals surface area contributed by atoms with E-state index in [4.69, 9.17) is 0 Å². The van der Waals surface area contributed by atoms with Gasteiger partial charge in [-0.3, -0.25) is 0 Å². The Bertz CT molecular complexity index is 350. The topological polar surface area (TPSA) is 12.0 Å². The number of halogens is 1. The smallest absolute Gasteiger partial charge is 0.123 e. The second kappa shape index (κ2) is 6.41. The Hall–Kier alpha value is -0.540. The van der Waals surface area contributed by atoms with Crippen LogP contribution in [0.4, 0.5) is 4.39 Å². The molecule has 0 saturated carbocycles. The van der Waals surface area contributed by atoms with Crippen molar-refractivity contribution in [1.82, 2.24) is 5.32 Å². The molecule has 0 bridgehead atoms. The van der Waals surface area contributed by atoms with Gasteiger partial charge in [0.15, 0.2) is 0 Å². The number of rotatable bonds is 5. The highest BCUT2D eigenvalue weighted by Crippen LogP contribution is 2.27. The van der Waals surface area contributed by atoms with Crippen LogP contribution in [0.1, 0.15) is 18.9 Å². The molecule has 2 rings (SSSR count). The highest BCUT2D eigenvalue weighted by molar-refractivity contribution is 7.99. The number of hydrogen-bond donors (Lipinski definition) is 1. The molecule has 1 saturated heterocycles. The number of nitrogens with one attached hydrogen (secondary N) is 1. The van der Waals surface area contributed by atoms with Gasteiger partial charge in [0.05, 0.1) is 0 Å². The van der Waals surface area contributed by atoms with Crippen LogP contribution in [0.5, 0.6) is 0 Å². The van der Waals surface area contributed by atoms with E-state index in [1.807, 2.05) is 17.8 Å². The van der Waals surface area contributed by atoms with Gasteiger partial charge in [0.1, 0.15) is 5.82 Å². The molecule has 2 atom stereocenters. The molecule has 1 heterocycles. The molecule has 1 aliphatic heterocycles. The molecule has 1 aliphatic rings. The predicted molar refractivity (Wildman–Crippen MR) is 73.0 cm³/mol. The van der Waals surface area contributed by atoms with Crippen molar-refractivity contribution in [2.24, 2.45) is 5.92 Å². The monoisotopic (exact) mass is 253 g/mol. The molecule has 1 fully saturated rings. The minimum atomic E-state index is -0.126. The van der Waals surface area contributed by atoms with Gasteiger partial charge in [0, 0.05) is 6.04 Å². The van der Waals surface area contributed by atoms with Gasteiger partial charge in [-0.15, -0.1) is 0 Å². The Morgan fingerprint density at radius 1 is 1.53 bits per heavy atom. The summed E-state index contributed by atoms with van der Waals surface area (Å²) in [4.78, 5) is 0. The Morgan fingerprint density at radius 3 is 3.06 bits per heavy atom. The lowest BCUT2D eigenvalue weighted by Crippen LogP contribution is -2.38. The van der Waals surface area contributed by atoms with Crippen LogP contribution in [0.3, 0.4) is 0 Å². The standard InChI is InChI=1S/C14H20FNS/c1-2-16-14(12-6-7-17-10-12)9-11-4-3-5-13(15)8-11/h3-5,8,12,14,16H,2,6-7,9-10H2,1H3. The van der Waals surface area contributed by atoms with Gasteiger partial charge >= 0.3 is 0 Å². The van der Waals surface area contributed by atoms with Crippen LogP contribution in [0.15, 0.2) is 24.3 Å². The minimum absolute atomic E-state index is 0.126. The first-order chi connectivity index (χ1) is 8.29. The third-order valence-electron chi connectivity index (χ3n) is 3.34. The van der Waals surface area contributed by atoms with E-state index in [9.17, 15) is 4.39 Å². The van der Waals surface area contributed by atoms with E-state index in [0.29, 0.717) is 6.04 Å². The first kappa shape index (κ1) is 12.9. The lowest BCUT2D eigenvalue weighted by Gasteiger charge is -2.24. The second-order valence-corrected chi connectivity index (χ2v) is 5.77. The van der Waals surface area contributed by atoms with E-state index in [1.54, 1.807) is 12.1 Å². The summed E-state index contributed by atoms with van der Waals surface area (Å²) >= 11 is 2.04. The zero-order valence-corrected chi connectivity index (χ0v) is 11.1. The van der Waals surface area contributed by atoms with Crippen LogP contribution in [0.25, 0.3) is 0 Å². The molecule has 94 valence electrons. The zero-order valence-electron chi connectivity index (χ0n) is 10.3. The second-order valence-electron chi connectivity index (χ2n) is 4.62. The van der Waals surface area contributed by atoms with Crippen molar-refractivity contribution in [2.45, 2.75) is 25.8 Å². The van der Waals surface area contributed by atoms with Gasteiger partial charge in [-0.25, -0.2) is 4.39 Å². The maximum atomic E-state index is 13.2. The largest absolute Gasteiger partial charge is 0.314 e. The lowest BCUT2D eigenvalue weighted by atomic mass is 9.93.